The summed E-state index contributed by atoms with van der Waals surface area (Å²) in [5.41, 5.74) is -0.240. The van der Waals surface area contributed by atoms with E-state index >= 15 is 0 Å². The summed E-state index contributed by atoms with van der Waals surface area (Å²) in [6.07, 6.45) is 1.74. The molecule has 4 rings (SSSR count). The van der Waals surface area contributed by atoms with Gasteiger partial charge in [0.2, 0.25) is 0 Å². The second-order valence-corrected chi connectivity index (χ2v) is 7.87. The number of ether oxygens (including phenoxy) is 1. The molecule has 0 unspecified atom stereocenters. The first-order chi connectivity index (χ1) is 15.5. The smallest absolute Gasteiger partial charge is 0.359 e. The van der Waals surface area contributed by atoms with Gasteiger partial charge < -0.3 is 14.5 Å². The van der Waals surface area contributed by atoms with Crippen LogP contribution in [0.4, 0.5) is 5.82 Å². The van der Waals surface area contributed by atoms with Crippen LogP contribution >= 0.6 is 0 Å². The molecule has 9 nitrogen and oxygen atoms in total. The molecule has 1 amide bonds. The van der Waals surface area contributed by atoms with Crippen LogP contribution in [0.5, 0.6) is 0 Å². The fraction of sp³-hybridized carbons (Fsp3) is 0.348. The second kappa shape index (κ2) is 9.17. The van der Waals surface area contributed by atoms with Crippen LogP contribution in [0.2, 0.25) is 0 Å². The van der Waals surface area contributed by atoms with Crippen molar-refractivity contribution in [1.82, 2.24) is 19.7 Å². The molecule has 1 fully saturated rings. The molecule has 1 saturated heterocycles. The van der Waals surface area contributed by atoms with Crippen LogP contribution < -0.4 is 10.5 Å². The predicted octanol–water partition coefficient (Wildman–Crippen LogP) is 1.88. The van der Waals surface area contributed by atoms with Crippen LogP contribution in [-0.2, 0) is 9.53 Å². The summed E-state index contributed by atoms with van der Waals surface area (Å²) in [6, 6.07) is 12.3. The van der Waals surface area contributed by atoms with Gasteiger partial charge in [0.05, 0.1) is 11.4 Å². The molecule has 0 radical (unpaired) electrons. The minimum Gasteiger partial charge on any atom is -0.451 e. The van der Waals surface area contributed by atoms with E-state index in [0.29, 0.717) is 37.0 Å². The first-order valence-corrected chi connectivity index (χ1v) is 10.6. The largest absolute Gasteiger partial charge is 0.451 e. The number of benzene rings is 1. The fourth-order valence-electron chi connectivity index (χ4n) is 3.72. The van der Waals surface area contributed by atoms with Gasteiger partial charge in [-0.3, -0.25) is 9.59 Å². The van der Waals surface area contributed by atoms with Crippen LogP contribution in [0, 0.1) is 0 Å². The van der Waals surface area contributed by atoms with Crippen molar-refractivity contribution in [3.63, 3.8) is 0 Å². The van der Waals surface area contributed by atoms with Crippen molar-refractivity contribution in [1.29, 1.82) is 0 Å². The Balaban J connectivity index is 1.42. The van der Waals surface area contributed by atoms with Crippen molar-refractivity contribution in [2.75, 3.05) is 37.7 Å². The summed E-state index contributed by atoms with van der Waals surface area (Å²) in [7, 11) is 0. The molecule has 0 aliphatic carbocycles. The average molecular weight is 435 g/mol. The number of rotatable bonds is 5. The van der Waals surface area contributed by atoms with Gasteiger partial charge in [-0.25, -0.2) is 14.5 Å². The molecule has 0 N–H and O–H groups in total. The van der Waals surface area contributed by atoms with Gasteiger partial charge in [0.15, 0.2) is 12.3 Å². The molecule has 0 bridgehead atoms. The number of hydrogen-bond donors (Lipinski definition) is 0. The number of aromatic nitrogens is 3. The first kappa shape index (κ1) is 21.5. The van der Waals surface area contributed by atoms with E-state index in [2.05, 4.69) is 15.0 Å². The molecule has 3 aromatic rings. The zero-order chi connectivity index (χ0) is 22.7. The van der Waals surface area contributed by atoms with E-state index in [1.54, 1.807) is 35.4 Å². The molecule has 0 atom stereocenters. The third-order valence-electron chi connectivity index (χ3n) is 5.44. The Kier molecular flexibility index (Phi) is 6.16. The van der Waals surface area contributed by atoms with Crippen LogP contribution in [0.1, 0.15) is 30.4 Å². The Morgan fingerprint density at radius 2 is 1.69 bits per heavy atom. The molecule has 0 spiro atoms. The second-order valence-electron chi connectivity index (χ2n) is 7.87. The van der Waals surface area contributed by atoms with Crippen LogP contribution in [0.3, 0.4) is 0 Å². The summed E-state index contributed by atoms with van der Waals surface area (Å²) < 4.78 is 6.56. The first-order valence-electron chi connectivity index (χ1n) is 10.6. The summed E-state index contributed by atoms with van der Waals surface area (Å²) in [5.74, 6) is -0.110. The Bertz CT molecular complexity index is 1180. The number of amides is 1. The van der Waals surface area contributed by atoms with Crippen LogP contribution in [0.25, 0.3) is 10.8 Å². The highest BCUT2D eigenvalue weighted by atomic mass is 16.5. The van der Waals surface area contributed by atoms with Gasteiger partial charge in [0.25, 0.3) is 11.5 Å². The maximum atomic E-state index is 12.8. The number of carbonyl (C=O) groups is 2. The molecule has 32 heavy (non-hydrogen) atoms. The summed E-state index contributed by atoms with van der Waals surface area (Å²) >= 11 is 0. The van der Waals surface area contributed by atoms with E-state index < -0.39 is 5.97 Å². The van der Waals surface area contributed by atoms with Gasteiger partial charge in [-0.05, 0) is 32.0 Å². The average Bonchev–Trinajstić information content (AvgIpc) is 2.83. The van der Waals surface area contributed by atoms with Gasteiger partial charge in [0.1, 0.15) is 5.82 Å². The number of hydrogen-bond acceptors (Lipinski definition) is 7. The van der Waals surface area contributed by atoms with E-state index in [4.69, 9.17) is 4.74 Å². The topological polar surface area (TPSA) is 97.6 Å². The van der Waals surface area contributed by atoms with E-state index in [1.807, 2.05) is 32.0 Å². The Hall–Kier alpha value is -3.75. The van der Waals surface area contributed by atoms with Gasteiger partial charge in [-0.2, -0.15) is 5.10 Å². The van der Waals surface area contributed by atoms with Crippen molar-refractivity contribution in [3.05, 3.63) is 64.7 Å². The highest BCUT2D eigenvalue weighted by Crippen LogP contribution is 2.16. The summed E-state index contributed by atoms with van der Waals surface area (Å²) in [6.45, 7) is 5.60. The number of fused-ring (bicyclic) bond motifs is 1. The van der Waals surface area contributed by atoms with Crippen molar-refractivity contribution >= 4 is 28.5 Å². The van der Waals surface area contributed by atoms with Crippen molar-refractivity contribution < 1.29 is 14.3 Å². The van der Waals surface area contributed by atoms with E-state index in [9.17, 15) is 14.4 Å². The predicted molar refractivity (Wildman–Crippen MR) is 120 cm³/mol. The number of piperazine rings is 1. The van der Waals surface area contributed by atoms with Crippen molar-refractivity contribution in [2.45, 2.75) is 19.9 Å². The molecular formula is C23H25N5O4. The highest BCUT2D eigenvalue weighted by Gasteiger charge is 2.24. The molecule has 1 aliphatic heterocycles. The lowest BCUT2D eigenvalue weighted by molar-refractivity contribution is -0.134. The number of nitrogens with zero attached hydrogens (tertiary/aromatic N) is 5. The van der Waals surface area contributed by atoms with Gasteiger partial charge in [-0.15, -0.1) is 0 Å². The minimum absolute atomic E-state index is 0.0293. The van der Waals surface area contributed by atoms with E-state index in [0.717, 1.165) is 5.82 Å². The van der Waals surface area contributed by atoms with Gasteiger partial charge in [-0.1, -0.05) is 24.3 Å². The normalized spacial score (nSPS) is 14.1. The minimum atomic E-state index is -0.726. The third kappa shape index (κ3) is 4.32. The van der Waals surface area contributed by atoms with E-state index in [1.165, 1.54) is 4.68 Å². The highest BCUT2D eigenvalue weighted by molar-refractivity contribution is 6.02. The fourth-order valence-corrected chi connectivity index (χ4v) is 3.72. The molecule has 166 valence electrons. The maximum Gasteiger partial charge on any atom is 0.359 e. The number of pyridine rings is 1. The lowest BCUT2D eigenvalue weighted by Gasteiger charge is -2.35. The number of esters is 1. The third-order valence-corrected chi connectivity index (χ3v) is 5.44. The van der Waals surface area contributed by atoms with Crippen molar-refractivity contribution in [3.8, 4) is 0 Å². The van der Waals surface area contributed by atoms with Gasteiger partial charge in [0, 0.05) is 37.8 Å². The Morgan fingerprint density at radius 3 is 2.34 bits per heavy atom. The summed E-state index contributed by atoms with van der Waals surface area (Å²) in [5, 5.41) is 5.03. The van der Waals surface area contributed by atoms with E-state index in [-0.39, 0.29) is 29.8 Å². The molecule has 0 saturated carbocycles. The molecule has 2 aromatic heterocycles. The SMILES string of the molecule is CC(C)n1nc(C(=O)OCC(=O)N2CCN(c3ccccn3)CC2)c2ccccc2c1=O. The maximum absolute atomic E-state index is 12.8. The van der Waals surface area contributed by atoms with Crippen LogP contribution in [0.15, 0.2) is 53.5 Å². The van der Waals surface area contributed by atoms with Crippen molar-refractivity contribution in [2.24, 2.45) is 0 Å². The lowest BCUT2D eigenvalue weighted by Crippen LogP contribution is -2.50. The standard InChI is InChI=1S/C23H25N5O4/c1-16(2)28-22(30)18-8-4-3-7-17(18)21(25-28)23(31)32-15-20(29)27-13-11-26(12-14-27)19-9-5-6-10-24-19/h3-10,16H,11-15H2,1-2H3. The zero-order valence-electron chi connectivity index (χ0n) is 18.1. The molecule has 1 aliphatic rings. The summed E-state index contributed by atoms with van der Waals surface area (Å²) in [4.78, 5) is 46.1. The molecular weight excluding hydrogens is 410 g/mol. The molecule has 9 heteroatoms. The number of carbonyl (C=O) groups excluding carboxylic acids is 2. The monoisotopic (exact) mass is 435 g/mol. The zero-order valence-corrected chi connectivity index (χ0v) is 18.1. The van der Waals surface area contributed by atoms with Crippen LogP contribution in [-0.4, -0.2) is 64.3 Å². The molecule has 1 aromatic carbocycles. The molecule has 3 heterocycles. The Morgan fingerprint density at radius 1 is 1.00 bits per heavy atom. The Labute approximate surface area is 185 Å². The quantitative estimate of drug-likeness (QED) is 0.565. The number of anilines is 1. The lowest BCUT2D eigenvalue weighted by atomic mass is 10.1. The van der Waals surface area contributed by atoms with Gasteiger partial charge >= 0.3 is 5.97 Å².